The smallest absolute Gasteiger partial charge is 0.256 e. The van der Waals surface area contributed by atoms with Gasteiger partial charge in [-0.2, -0.15) is 0 Å². The van der Waals surface area contributed by atoms with Crippen LogP contribution in [0.15, 0.2) is 23.1 Å². The molecule has 0 aliphatic carbocycles. The topological polar surface area (TPSA) is 60.9 Å². The summed E-state index contributed by atoms with van der Waals surface area (Å²) < 4.78 is 26.3. The molecule has 1 amide bonds. The van der Waals surface area contributed by atoms with Crippen molar-refractivity contribution in [2.75, 3.05) is 45.2 Å². The van der Waals surface area contributed by atoms with Crippen molar-refractivity contribution < 1.29 is 13.2 Å². The average Bonchev–Trinajstić information content (AvgIpc) is 3.14. The van der Waals surface area contributed by atoms with Crippen LogP contribution in [0.4, 0.5) is 5.69 Å². The molecule has 0 N–H and O–H groups in total. The number of sulfonamides is 1. The normalized spacial score (nSPS) is 14.9. The van der Waals surface area contributed by atoms with Gasteiger partial charge in [-0.3, -0.25) is 4.79 Å². The first kappa shape index (κ1) is 20.7. The van der Waals surface area contributed by atoms with Crippen molar-refractivity contribution in [1.29, 1.82) is 0 Å². The maximum absolute atomic E-state index is 13.2. The Labute approximate surface area is 157 Å². The molecule has 7 heteroatoms. The Morgan fingerprint density at radius 1 is 1.08 bits per heavy atom. The van der Waals surface area contributed by atoms with Crippen molar-refractivity contribution >= 4 is 21.6 Å². The zero-order chi connectivity index (χ0) is 19.3. The SMILES string of the molecule is CCCN(CCC)C(=O)c1cc(S(=O)(=O)N(C)C)ccc1N1CCCC1. The Bertz CT molecular complexity index is 720. The summed E-state index contributed by atoms with van der Waals surface area (Å²) in [5.41, 5.74) is 1.35. The van der Waals surface area contributed by atoms with Gasteiger partial charge in [-0.05, 0) is 43.9 Å². The standard InChI is InChI=1S/C19H31N3O3S/c1-5-11-22(12-6-2)19(23)17-15-16(26(24,25)20(3)4)9-10-18(17)21-13-7-8-14-21/h9-10,15H,5-8,11-14H2,1-4H3. The molecule has 6 nitrogen and oxygen atoms in total. The van der Waals surface area contributed by atoms with Gasteiger partial charge in [-0.25, -0.2) is 12.7 Å². The first-order valence-corrected chi connectivity index (χ1v) is 10.9. The van der Waals surface area contributed by atoms with Crippen LogP contribution in [0.3, 0.4) is 0 Å². The Hall–Kier alpha value is -1.60. The molecule has 0 radical (unpaired) electrons. The van der Waals surface area contributed by atoms with Gasteiger partial charge < -0.3 is 9.80 Å². The predicted octanol–water partition coefficient (Wildman–Crippen LogP) is 2.80. The summed E-state index contributed by atoms with van der Waals surface area (Å²) in [7, 11) is -0.568. The fraction of sp³-hybridized carbons (Fsp3) is 0.632. The van der Waals surface area contributed by atoms with Crippen molar-refractivity contribution in [3.05, 3.63) is 23.8 Å². The molecule has 0 unspecified atom stereocenters. The molecular weight excluding hydrogens is 350 g/mol. The van der Waals surface area contributed by atoms with Crippen molar-refractivity contribution in [1.82, 2.24) is 9.21 Å². The molecule has 0 aromatic heterocycles. The molecule has 1 aliphatic rings. The highest BCUT2D eigenvalue weighted by atomic mass is 32.2. The van der Waals surface area contributed by atoms with Gasteiger partial charge in [0.2, 0.25) is 10.0 Å². The third-order valence-corrected chi connectivity index (χ3v) is 6.51. The zero-order valence-electron chi connectivity index (χ0n) is 16.4. The van der Waals surface area contributed by atoms with E-state index in [1.165, 1.54) is 18.4 Å². The minimum absolute atomic E-state index is 0.0774. The quantitative estimate of drug-likeness (QED) is 0.695. The molecule has 26 heavy (non-hydrogen) atoms. The van der Waals surface area contributed by atoms with E-state index >= 15 is 0 Å². The van der Waals surface area contributed by atoms with Crippen molar-refractivity contribution in [3.8, 4) is 0 Å². The fourth-order valence-corrected chi connectivity index (χ4v) is 4.25. The number of nitrogens with zero attached hydrogens (tertiary/aromatic N) is 3. The first-order chi connectivity index (χ1) is 12.3. The first-order valence-electron chi connectivity index (χ1n) is 9.43. The molecule has 1 aromatic carbocycles. The second-order valence-electron chi connectivity index (χ2n) is 6.95. The van der Waals surface area contributed by atoms with Crippen LogP contribution in [-0.4, -0.2) is 63.8 Å². The minimum Gasteiger partial charge on any atom is -0.371 e. The van der Waals surface area contributed by atoms with Gasteiger partial charge >= 0.3 is 0 Å². The number of hydrogen-bond acceptors (Lipinski definition) is 4. The van der Waals surface area contributed by atoms with E-state index in [1.54, 1.807) is 18.2 Å². The van der Waals surface area contributed by atoms with E-state index in [0.29, 0.717) is 18.7 Å². The highest BCUT2D eigenvalue weighted by Crippen LogP contribution is 2.29. The maximum Gasteiger partial charge on any atom is 0.256 e. The van der Waals surface area contributed by atoms with Gasteiger partial charge in [0.25, 0.3) is 5.91 Å². The van der Waals surface area contributed by atoms with E-state index in [4.69, 9.17) is 0 Å². The number of carbonyl (C=O) groups excluding carboxylic acids is 1. The van der Waals surface area contributed by atoms with Crippen LogP contribution < -0.4 is 4.90 Å². The molecule has 1 aromatic rings. The number of benzene rings is 1. The van der Waals surface area contributed by atoms with Crippen LogP contribution in [-0.2, 0) is 10.0 Å². The molecule has 146 valence electrons. The third-order valence-electron chi connectivity index (χ3n) is 4.70. The van der Waals surface area contributed by atoms with Gasteiger partial charge in [0.15, 0.2) is 0 Å². The lowest BCUT2D eigenvalue weighted by molar-refractivity contribution is 0.0756. The number of amides is 1. The summed E-state index contributed by atoms with van der Waals surface area (Å²) in [4.78, 5) is 17.4. The van der Waals surface area contributed by atoms with Crippen LogP contribution in [0.1, 0.15) is 49.9 Å². The summed E-state index contributed by atoms with van der Waals surface area (Å²) in [6.45, 7) is 7.26. The lowest BCUT2D eigenvalue weighted by atomic mass is 10.1. The van der Waals surface area contributed by atoms with Gasteiger partial charge in [0.05, 0.1) is 10.5 Å². The van der Waals surface area contributed by atoms with Crippen molar-refractivity contribution in [3.63, 3.8) is 0 Å². The molecule has 0 bridgehead atoms. The van der Waals surface area contributed by atoms with Gasteiger partial charge in [0.1, 0.15) is 0 Å². The molecule has 1 heterocycles. The van der Waals surface area contributed by atoms with Crippen LogP contribution in [0.25, 0.3) is 0 Å². The van der Waals surface area contributed by atoms with E-state index in [1.807, 2.05) is 18.7 Å². The molecule has 0 saturated carbocycles. The third kappa shape index (κ3) is 4.38. The molecule has 1 aliphatic heterocycles. The fourth-order valence-electron chi connectivity index (χ4n) is 3.32. The molecule has 0 atom stereocenters. The van der Waals surface area contributed by atoms with Gasteiger partial charge in [-0.15, -0.1) is 0 Å². The van der Waals surface area contributed by atoms with Crippen molar-refractivity contribution in [2.45, 2.75) is 44.4 Å². The molecule has 1 fully saturated rings. The summed E-state index contributed by atoms with van der Waals surface area (Å²) >= 11 is 0. The van der Waals surface area contributed by atoms with Crippen LogP contribution in [0.2, 0.25) is 0 Å². The van der Waals surface area contributed by atoms with E-state index in [-0.39, 0.29) is 10.8 Å². The maximum atomic E-state index is 13.2. The molecule has 2 rings (SSSR count). The Balaban J connectivity index is 2.52. The van der Waals surface area contributed by atoms with Crippen molar-refractivity contribution in [2.24, 2.45) is 0 Å². The van der Waals surface area contributed by atoms with E-state index in [2.05, 4.69) is 4.90 Å². The molecule has 1 saturated heterocycles. The number of hydrogen-bond donors (Lipinski definition) is 0. The number of rotatable bonds is 8. The summed E-state index contributed by atoms with van der Waals surface area (Å²) in [5, 5.41) is 0. The molecular formula is C19H31N3O3S. The minimum atomic E-state index is -3.58. The highest BCUT2D eigenvalue weighted by Gasteiger charge is 2.26. The van der Waals surface area contributed by atoms with E-state index in [9.17, 15) is 13.2 Å². The lowest BCUT2D eigenvalue weighted by Crippen LogP contribution is -2.34. The predicted molar refractivity (Wildman–Crippen MR) is 105 cm³/mol. The molecule has 0 spiro atoms. The summed E-state index contributed by atoms with van der Waals surface area (Å²) in [5.74, 6) is -0.0774. The second-order valence-corrected chi connectivity index (χ2v) is 9.10. The average molecular weight is 382 g/mol. The lowest BCUT2D eigenvalue weighted by Gasteiger charge is -2.27. The van der Waals surface area contributed by atoms with Crippen LogP contribution in [0, 0.1) is 0 Å². The monoisotopic (exact) mass is 381 g/mol. The number of anilines is 1. The highest BCUT2D eigenvalue weighted by molar-refractivity contribution is 7.89. The van der Waals surface area contributed by atoms with Crippen LogP contribution >= 0.6 is 0 Å². The Morgan fingerprint density at radius 3 is 2.15 bits per heavy atom. The largest absolute Gasteiger partial charge is 0.371 e. The number of carbonyl (C=O) groups is 1. The Kier molecular flexibility index (Phi) is 7.06. The second kappa shape index (κ2) is 8.86. The summed E-state index contributed by atoms with van der Waals surface area (Å²) in [6, 6.07) is 4.97. The van der Waals surface area contributed by atoms with E-state index in [0.717, 1.165) is 44.5 Å². The van der Waals surface area contributed by atoms with Crippen LogP contribution in [0.5, 0.6) is 0 Å². The summed E-state index contributed by atoms with van der Waals surface area (Å²) in [6.07, 6.45) is 3.94. The van der Waals surface area contributed by atoms with Gasteiger partial charge in [-0.1, -0.05) is 13.8 Å². The van der Waals surface area contributed by atoms with E-state index < -0.39 is 10.0 Å². The Morgan fingerprint density at radius 2 is 1.65 bits per heavy atom. The van der Waals surface area contributed by atoms with Gasteiger partial charge in [0, 0.05) is 46.0 Å². The zero-order valence-corrected chi connectivity index (χ0v) is 17.2.